The summed E-state index contributed by atoms with van der Waals surface area (Å²) >= 11 is 0. The van der Waals surface area contributed by atoms with E-state index in [1.165, 1.54) is 0 Å². The van der Waals surface area contributed by atoms with Gasteiger partial charge in [0.25, 0.3) is 0 Å². The fourth-order valence-electron chi connectivity index (χ4n) is 3.46. The molecule has 7 nitrogen and oxygen atoms in total. The molecule has 162 valence electrons. The number of rotatable bonds is 6. The molecule has 0 saturated heterocycles. The molecule has 1 heterocycles. The predicted octanol–water partition coefficient (Wildman–Crippen LogP) is 2.43. The number of hydrogen-bond acceptors (Lipinski definition) is 5. The van der Waals surface area contributed by atoms with E-state index >= 15 is 0 Å². The van der Waals surface area contributed by atoms with Crippen LogP contribution < -0.4 is 14.8 Å². The highest BCUT2D eigenvalue weighted by Gasteiger charge is 2.21. The van der Waals surface area contributed by atoms with Gasteiger partial charge in [0, 0.05) is 31.7 Å². The summed E-state index contributed by atoms with van der Waals surface area (Å²) < 4.78 is 11.9. The van der Waals surface area contributed by atoms with Crippen molar-refractivity contribution >= 4 is 11.8 Å². The fraction of sp³-hybridized carbons (Fsp3) is 0.636. The van der Waals surface area contributed by atoms with Gasteiger partial charge in [0.2, 0.25) is 11.8 Å². The molecule has 2 amide bonds. The first-order valence-electron chi connectivity index (χ1n) is 10.7. The Bertz CT molecular complexity index is 661. The molecule has 0 radical (unpaired) electrons. The van der Waals surface area contributed by atoms with Crippen LogP contribution in [0.1, 0.15) is 45.6 Å². The van der Waals surface area contributed by atoms with Crippen molar-refractivity contribution in [2.45, 2.75) is 46.6 Å². The third-order valence-electron chi connectivity index (χ3n) is 4.99. The summed E-state index contributed by atoms with van der Waals surface area (Å²) in [4.78, 5) is 28.8. The fourth-order valence-corrected chi connectivity index (χ4v) is 3.46. The number of fused-ring (bicyclic) bond motifs is 1. The van der Waals surface area contributed by atoms with Crippen LogP contribution in [0, 0.1) is 0 Å². The third-order valence-corrected chi connectivity index (χ3v) is 4.99. The molecule has 0 aliphatic carbocycles. The number of carbonyl (C=O) groups excluding carboxylic acids is 2. The normalized spacial score (nSPS) is 16.3. The zero-order valence-corrected chi connectivity index (χ0v) is 18.0. The Labute approximate surface area is 174 Å². The first-order chi connectivity index (χ1) is 14.1. The maximum atomic E-state index is 12.7. The summed E-state index contributed by atoms with van der Waals surface area (Å²) in [5, 5.41) is 2.97. The van der Waals surface area contributed by atoms with E-state index in [0.29, 0.717) is 50.9 Å². The molecule has 1 aliphatic rings. The molecular weight excluding hydrogens is 370 g/mol. The zero-order chi connectivity index (χ0) is 21.1. The van der Waals surface area contributed by atoms with Crippen molar-refractivity contribution in [3.05, 3.63) is 23.8 Å². The molecule has 0 bridgehead atoms. The molecule has 1 N–H and O–H groups in total. The van der Waals surface area contributed by atoms with Gasteiger partial charge < -0.3 is 19.7 Å². The first-order valence-corrected chi connectivity index (χ1v) is 10.7. The molecule has 0 unspecified atom stereocenters. The number of nitrogens with zero attached hydrogens (tertiary/aromatic N) is 2. The van der Waals surface area contributed by atoms with Crippen LogP contribution in [0.5, 0.6) is 11.5 Å². The smallest absolute Gasteiger partial charge is 0.236 e. The van der Waals surface area contributed by atoms with E-state index in [4.69, 9.17) is 9.47 Å². The topological polar surface area (TPSA) is 71.1 Å². The van der Waals surface area contributed by atoms with Crippen molar-refractivity contribution in [3.8, 4) is 11.5 Å². The second-order valence-corrected chi connectivity index (χ2v) is 7.15. The number of amides is 2. The Kier molecular flexibility index (Phi) is 9.77. The van der Waals surface area contributed by atoms with Gasteiger partial charge in [-0.3, -0.25) is 14.5 Å². The van der Waals surface area contributed by atoms with Gasteiger partial charge in [0.15, 0.2) is 11.5 Å². The lowest BCUT2D eigenvalue weighted by Crippen LogP contribution is -2.44. The molecule has 1 aromatic rings. The Morgan fingerprint density at radius 3 is 2.69 bits per heavy atom. The number of nitrogens with one attached hydrogen (secondary N) is 1. The first kappa shape index (κ1) is 23.0. The van der Waals surface area contributed by atoms with Gasteiger partial charge >= 0.3 is 0 Å². The van der Waals surface area contributed by atoms with Crippen LogP contribution in [-0.2, 0) is 16.1 Å². The maximum Gasteiger partial charge on any atom is 0.236 e. The second-order valence-electron chi connectivity index (χ2n) is 7.15. The van der Waals surface area contributed by atoms with Crippen molar-refractivity contribution in [1.29, 1.82) is 0 Å². The standard InChI is InChI=1S/C22H35N3O4/c1-4-25(5-2)21(27)17-24-15-18-11-10-12-19(28-6-3)22(18)29-14-9-7-8-13-23-20(26)16-24/h10-12H,4-9,13-17H2,1-3H3,(H,23,26). The minimum Gasteiger partial charge on any atom is -0.490 e. The van der Waals surface area contributed by atoms with Crippen molar-refractivity contribution in [2.75, 3.05) is 45.9 Å². The summed E-state index contributed by atoms with van der Waals surface area (Å²) in [6.07, 6.45) is 2.81. The van der Waals surface area contributed by atoms with Gasteiger partial charge in [-0.1, -0.05) is 12.1 Å². The lowest BCUT2D eigenvalue weighted by Gasteiger charge is -2.26. The van der Waals surface area contributed by atoms with E-state index in [9.17, 15) is 9.59 Å². The molecule has 0 aromatic heterocycles. The third kappa shape index (κ3) is 7.24. The summed E-state index contributed by atoms with van der Waals surface area (Å²) in [5.74, 6) is 1.39. The predicted molar refractivity (Wildman–Crippen MR) is 113 cm³/mol. The summed E-state index contributed by atoms with van der Waals surface area (Å²) in [6.45, 7) is 9.78. The summed E-state index contributed by atoms with van der Waals surface area (Å²) in [7, 11) is 0. The lowest BCUT2D eigenvalue weighted by atomic mass is 10.1. The molecule has 1 aromatic carbocycles. The van der Waals surface area contributed by atoms with Crippen LogP contribution in [0.2, 0.25) is 0 Å². The van der Waals surface area contributed by atoms with E-state index in [0.717, 1.165) is 24.8 Å². The van der Waals surface area contributed by atoms with Gasteiger partial charge in [-0.05, 0) is 46.1 Å². The maximum absolute atomic E-state index is 12.7. The van der Waals surface area contributed by atoms with Crippen molar-refractivity contribution < 1.29 is 19.1 Å². The molecule has 0 spiro atoms. The highest BCUT2D eigenvalue weighted by Crippen LogP contribution is 2.32. The molecule has 7 heteroatoms. The molecule has 2 rings (SSSR count). The van der Waals surface area contributed by atoms with Gasteiger partial charge in [-0.15, -0.1) is 0 Å². The average Bonchev–Trinajstić information content (AvgIpc) is 2.70. The Hall–Kier alpha value is -2.28. The SMILES string of the molecule is CCOc1cccc2c1OCCCCCNC(=O)CN(CC(=O)N(CC)CC)C2. The molecule has 1 aliphatic heterocycles. The largest absolute Gasteiger partial charge is 0.490 e. The van der Waals surface area contributed by atoms with Crippen molar-refractivity contribution in [1.82, 2.24) is 15.1 Å². The summed E-state index contributed by atoms with van der Waals surface area (Å²) in [6, 6.07) is 5.80. The van der Waals surface area contributed by atoms with Crippen molar-refractivity contribution in [3.63, 3.8) is 0 Å². The van der Waals surface area contributed by atoms with Crippen LogP contribution in [-0.4, -0.2) is 67.6 Å². The highest BCUT2D eigenvalue weighted by atomic mass is 16.5. The van der Waals surface area contributed by atoms with Gasteiger partial charge in [0.05, 0.1) is 26.3 Å². The lowest BCUT2D eigenvalue weighted by molar-refractivity contribution is -0.133. The molecule has 0 saturated carbocycles. The van der Waals surface area contributed by atoms with Crippen LogP contribution in [0.4, 0.5) is 0 Å². The number of likely N-dealkylation sites (N-methyl/N-ethyl adjacent to an activating group) is 1. The number of para-hydroxylation sites is 1. The quantitative estimate of drug-likeness (QED) is 0.787. The van der Waals surface area contributed by atoms with Crippen LogP contribution in [0.3, 0.4) is 0 Å². The van der Waals surface area contributed by atoms with Crippen LogP contribution >= 0.6 is 0 Å². The van der Waals surface area contributed by atoms with E-state index < -0.39 is 0 Å². The van der Waals surface area contributed by atoms with Crippen molar-refractivity contribution in [2.24, 2.45) is 0 Å². The minimum absolute atomic E-state index is 0.0237. The Morgan fingerprint density at radius 2 is 1.97 bits per heavy atom. The molecule has 0 fully saturated rings. The highest BCUT2D eigenvalue weighted by molar-refractivity contribution is 5.81. The zero-order valence-electron chi connectivity index (χ0n) is 18.0. The van der Waals surface area contributed by atoms with Crippen LogP contribution in [0.15, 0.2) is 18.2 Å². The van der Waals surface area contributed by atoms with Gasteiger partial charge in [-0.25, -0.2) is 0 Å². The molecule has 0 atom stereocenters. The second kappa shape index (κ2) is 12.3. The minimum atomic E-state index is -0.0555. The van der Waals surface area contributed by atoms with Crippen LogP contribution in [0.25, 0.3) is 0 Å². The van der Waals surface area contributed by atoms with Gasteiger partial charge in [-0.2, -0.15) is 0 Å². The number of ether oxygens (including phenoxy) is 2. The van der Waals surface area contributed by atoms with E-state index in [-0.39, 0.29) is 24.9 Å². The summed E-state index contributed by atoms with van der Waals surface area (Å²) in [5.41, 5.74) is 0.926. The molecular formula is C22H35N3O4. The average molecular weight is 406 g/mol. The number of hydrogen-bond donors (Lipinski definition) is 1. The number of carbonyl (C=O) groups is 2. The van der Waals surface area contributed by atoms with E-state index in [2.05, 4.69) is 5.32 Å². The van der Waals surface area contributed by atoms with Gasteiger partial charge in [0.1, 0.15) is 0 Å². The Balaban J connectivity index is 2.29. The molecule has 29 heavy (non-hydrogen) atoms. The monoisotopic (exact) mass is 405 g/mol. The van der Waals surface area contributed by atoms with E-state index in [1.54, 1.807) is 4.90 Å². The number of benzene rings is 1. The Morgan fingerprint density at radius 1 is 1.17 bits per heavy atom. The van der Waals surface area contributed by atoms with E-state index in [1.807, 2.05) is 43.9 Å².